The quantitative estimate of drug-likeness (QED) is 0.838. The van der Waals surface area contributed by atoms with Gasteiger partial charge >= 0.3 is 0 Å². The van der Waals surface area contributed by atoms with Gasteiger partial charge in [0.2, 0.25) is 0 Å². The second-order valence-corrected chi connectivity index (χ2v) is 3.77. The summed E-state index contributed by atoms with van der Waals surface area (Å²) < 4.78 is 25.8. The molecule has 1 rings (SSSR count). The van der Waals surface area contributed by atoms with Crippen molar-refractivity contribution < 1.29 is 13.6 Å². The summed E-state index contributed by atoms with van der Waals surface area (Å²) in [5.41, 5.74) is 5.80. The number of hydrogen-bond acceptors (Lipinski definition) is 2. The summed E-state index contributed by atoms with van der Waals surface area (Å²) in [6.07, 6.45) is 1.31. The van der Waals surface area contributed by atoms with E-state index in [4.69, 9.17) is 5.73 Å². The van der Waals surface area contributed by atoms with Crippen LogP contribution in [0.1, 0.15) is 25.3 Å². The van der Waals surface area contributed by atoms with Crippen molar-refractivity contribution in [3.05, 3.63) is 35.4 Å². The third-order valence-electron chi connectivity index (χ3n) is 2.39. The van der Waals surface area contributed by atoms with Crippen molar-refractivity contribution in [3.63, 3.8) is 0 Å². The average Bonchev–Trinajstić information content (AvgIpc) is 2.22. The molecule has 0 spiro atoms. The van der Waals surface area contributed by atoms with Crippen LogP contribution in [-0.2, 0) is 11.2 Å². The smallest absolute Gasteiger partial charge is 0.153 e. The Balaban J connectivity index is 2.69. The second-order valence-electron chi connectivity index (χ2n) is 3.77. The van der Waals surface area contributed by atoms with Crippen LogP contribution >= 0.6 is 0 Å². The van der Waals surface area contributed by atoms with Crippen molar-refractivity contribution in [3.8, 4) is 0 Å². The number of halogens is 2. The molecule has 0 saturated heterocycles. The molecule has 4 heteroatoms. The number of carbonyl (C=O) groups excluding carboxylic acids is 1. The van der Waals surface area contributed by atoms with Gasteiger partial charge in [0.15, 0.2) is 5.78 Å². The summed E-state index contributed by atoms with van der Waals surface area (Å²) in [4.78, 5) is 11.6. The van der Waals surface area contributed by atoms with Crippen LogP contribution in [0.25, 0.3) is 0 Å². The highest BCUT2D eigenvalue weighted by molar-refractivity contribution is 5.85. The zero-order valence-electron chi connectivity index (χ0n) is 9.17. The maximum Gasteiger partial charge on any atom is 0.153 e. The molecule has 0 amide bonds. The van der Waals surface area contributed by atoms with E-state index >= 15 is 0 Å². The molecule has 0 fully saturated rings. The molecule has 1 aromatic rings. The topological polar surface area (TPSA) is 43.1 Å². The normalized spacial score (nSPS) is 12.5. The van der Waals surface area contributed by atoms with E-state index in [0.29, 0.717) is 6.42 Å². The van der Waals surface area contributed by atoms with E-state index in [9.17, 15) is 13.6 Å². The minimum Gasteiger partial charge on any atom is -0.321 e. The first-order valence-electron chi connectivity index (χ1n) is 5.26. The predicted octanol–water partition coefficient (Wildman–Crippen LogP) is 2.20. The number of ketones is 1. The van der Waals surface area contributed by atoms with Gasteiger partial charge in [-0.2, -0.15) is 0 Å². The van der Waals surface area contributed by atoms with Crippen LogP contribution in [0.3, 0.4) is 0 Å². The number of benzene rings is 1. The SMILES string of the molecule is CCCC(N)C(=O)Cc1ccc(F)cc1F. The van der Waals surface area contributed by atoms with Gasteiger partial charge in [0, 0.05) is 12.5 Å². The lowest BCUT2D eigenvalue weighted by molar-refractivity contribution is -0.119. The van der Waals surface area contributed by atoms with E-state index in [2.05, 4.69) is 0 Å². The van der Waals surface area contributed by atoms with Crippen LogP contribution in [0.5, 0.6) is 0 Å². The fourth-order valence-electron chi connectivity index (χ4n) is 1.46. The summed E-state index contributed by atoms with van der Waals surface area (Å²) in [5, 5.41) is 0. The van der Waals surface area contributed by atoms with Gasteiger partial charge in [-0.05, 0) is 18.1 Å². The van der Waals surface area contributed by atoms with Crippen molar-refractivity contribution in [1.29, 1.82) is 0 Å². The van der Waals surface area contributed by atoms with Gasteiger partial charge < -0.3 is 5.73 Å². The molecule has 1 atom stereocenters. The molecule has 0 radical (unpaired) electrons. The van der Waals surface area contributed by atoms with E-state index in [1.54, 1.807) is 0 Å². The molecular formula is C12H15F2NO. The zero-order valence-corrected chi connectivity index (χ0v) is 9.17. The summed E-state index contributed by atoms with van der Waals surface area (Å²) >= 11 is 0. The lowest BCUT2D eigenvalue weighted by Crippen LogP contribution is -2.31. The molecular weight excluding hydrogens is 212 g/mol. The zero-order chi connectivity index (χ0) is 12.1. The summed E-state index contributed by atoms with van der Waals surface area (Å²) in [5.74, 6) is -1.56. The summed E-state index contributed by atoms with van der Waals surface area (Å²) in [6.45, 7) is 1.92. The van der Waals surface area contributed by atoms with E-state index in [-0.39, 0.29) is 17.8 Å². The third-order valence-corrected chi connectivity index (χ3v) is 2.39. The average molecular weight is 227 g/mol. The van der Waals surface area contributed by atoms with Crippen molar-refractivity contribution in [2.24, 2.45) is 5.73 Å². The molecule has 2 N–H and O–H groups in total. The molecule has 16 heavy (non-hydrogen) atoms. The first-order valence-corrected chi connectivity index (χ1v) is 5.26. The van der Waals surface area contributed by atoms with Crippen LogP contribution in [-0.4, -0.2) is 11.8 Å². The van der Waals surface area contributed by atoms with Crippen molar-refractivity contribution >= 4 is 5.78 Å². The van der Waals surface area contributed by atoms with Gasteiger partial charge in [-0.25, -0.2) is 8.78 Å². The second kappa shape index (κ2) is 5.70. The van der Waals surface area contributed by atoms with Gasteiger partial charge in [-0.3, -0.25) is 4.79 Å². The van der Waals surface area contributed by atoms with Crippen molar-refractivity contribution in [2.45, 2.75) is 32.2 Å². The number of rotatable bonds is 5. The Hall–Kier alpha value is -1.29. The van der Waals surface area contributed by atoms with Gasteiger partial charge in [0.1, 0.15) is 11.6 Å². The van der Waals surface area contributed by atoms with E-state index < -0.39 is 17.7 Å². The van der Waals surface area contributed by atoms with Crippen LogP contribution in [0.15, 0.2) is 18.2 Å². The van der Waals surface area contributed by atoms with Crippen LogP contribution < -0.4 is 5.73 Å². The van der Waals surface area contributed by atoms with Crippen LogP contribution in [0.2, 0.25) is 0 Å². The Morgan fingerprint density at radius 1 is 1.44 bits per heavy atom. The lowest BCUT2D eigenvalue weighted by Gasteiger charge is -2.09. The molecule has 0 aliphatic carbocycles. The fourth-order valence-corrected chi connectivity index (χ4v) is 1.46. The molecule has 0 saturated carbocycles. The van der Waals surface area contributed by atoms with E-state index in [1.807, 2.05) is 6.92 Å². The lowest BCUT2D eigenvalue weighted by atomic mass is 10.0. The maximum atomic E-state index is 13.2. The Morgan fingerprint density at radius 3 is 2.69 bits per heavy atom. The summed E-state index contributed by atoms with van der Waals surface area (Å²) in [7, 11) is 0. The summed E-state index contributed by atoms with van der Waals surface area (Å²) in [6, 6.07) is 2.63. The monoisotopic (exact) mass is 227 g/mol. The molecule has 0 aliphatic rings. The number of Topliss-reactive ketones (excluding diaryl/α,β-unsaturated/α-hetero) is 1. The predicted molar refractivity (Wildman–Crippen MR) is 58.0 cm³/mol. The molecule has 0 heterocycles. The minimum atomic E-state index is -0.697. The molecule has 2 nitrogen and oxygen atoms in total. The van der Waals surface area contributed by atoms with Gasteiger partial charge in [0.25, 0.3) is 0 Å². The molecule has 0 bridgehead atoms. The highest BCUT2D eigenvalue weighted by atomic mass is 19.1. The molecule has 1 aromatic carbocycles. The van der Waals surface area contributed by atoms with Crippen molar-refractivity contribution in [2.75, 3.05) is 0 Å². The van der Waals surface area contributed by atoms with E-state index in [0.717, 1.165) is 18.6 Å². The Bertz CT molecular complexity index is 379. The standard InChI is InChI=1S/C12H15F2NO/c1-2-3-11(15)12(16)6-8-4-5-9(13)7-10(8)14/h4-5,7,11H,2-3,6,15H2,1H3. The molecule has 0 aliphatic heterocycles. The Morgan fingerprint density at radius 2 is 2.12 bits per heavy atom. The van der Waals surface area contributed by atoms with Crippen LogP contribution in [0.4, 0.5) is 8.78 Å². The van der Waals surface area contributed by atoms with Crippen LogP contribution in [0, 0.1) is 11.6 Å². The molecule has 1 unspecified atom stereocenters. The first-order chi connectivity index (χ1) is 7.54. The Labute approximate surface area is 93.5 Å². The molecule has 0 aromatic heterocycles. The van der Waals surface area contributed by atoms with Gasteiger partial charge in [-0.15, -0.1) is 0 Å². The van der Waals surface area contributed by atoms with Gasteiger partial charge in [-0.1, -0.05) is 19.4 Å². The minimum absolute atomic E-state index is 0.0761. The van der Waals surface area contributed by atoms with E-state index in [1.165, 1.54) is 6.07 Å². The number of nitrogens with two attached hydrogens (primary N) is 1. The largest absolute Gasteiger partial charge is 0.321 e. The third kappa shape index (κ3) is 3.38. The fraction of sp³-hybridized carbons (Fsp3) is 0.417. The highest BCUT2D eigenvalue weighted by Crippen LogP contribution is 2.11. The van der Waals surface area contributed by atoms with Gasteiger partial charge in [0.05, 0.1) is 6.04 Å². The molecule has 88 valence electrons. The number of hydrogen-bond donors (Lipinski definition) is 1. The first kappa shape index (κ1) is 12.8. The number of carbonyl (C=O) groups is 1. The highest BCUT2D eigenvalue weighted by Gasteiger charge is 2.15. The maximum absolute atomic E-state index is 13.2. The Kier molecular flexibility index (Phi) is 4.55. The van der Waals surface area contributed by atoms with Crippen molar-refractivity contribution in [1.82, 2.24) is 0 Å².